The average molecular weight is 361 g/mol. The van der Waals surface area contributed by atoms with E-state index < -0.39 is 17.6 Å². The molecule has 0 unspecified atom stereocenters. The lowest BCUT2D eigenvalue weighted by Crippen LogP contribution is -2.00. The lowest BCUT2D eigenvalue weighted by atomic mass is 10.0. The first-order chi connectivity index (χ1) is 13.0. The fourth-order valence-electron chi connectivity index (χ4n) is 3.04. The number of pyridine rings is 1. The van der Waals surface area contributed by atoms with E-state index in [0.717, 1.165) is 6.07 Å². The number of hydrogen-bond acceptors (Lipinski definition) is 2. The maximum atomic E-state index is 14.0. The van der Waals surface area contributed by atoms with Crippen LogP contribution in [0.15, 0.2) is 72.8 Å². The summed E-state index contributed by atoms with van der Waals surface area (Å²) in [6.45, 7) is 0. The molecule has 0 atom stereocenters. The summed E-state index contributed by atoms with van der Waals surface area (Å²) in [6, 6.07) is 18.9. The van der Waals surface area contributed by atoms with Crippen molar-refractivity contribution in [2.45, 2.75) is 0 Å². The van der Waals surface area contributed by atoms with E-state index in [9.17, 15) is 18.7 Å². The molecule has 3 aromatic carbocycles. The van der Waals surface area contributed by atoms with E-state index in [2.05, 4.69) is 4.98 Å². The number of carbonyl (C=O) groups is 1. The molecular formula is C22H13F2NO2. The van der Waals surface area contributed by atoms with E-state index in [1.54, 1.807) is 48.5 Å². The van der Waals surface area contributed by atoms with Crippen LogP contribution in [0.5, 0.6) is 0 Å². The van der Waals surface area contributed by atoms with Crippen LogP contribution >= 0.6 is 0 Å². The number of nitrogens with zero attached hydrogens (tertiary/aromatic N) is 1. The molecule has 1 heterocycles. The van der Waals surface area contributed by atoms with Gasteiger partial charge in [-0.15, -0.1) is 0 Å². The highest BCUT2D eigenvalue weighted by atomic mass is 19.1. The van der Waals surface area contributed by atoms with Crippen molar-refractivity contribution in [3.8, 4) is 22.4 Å². The molecule has 27 heavy (non-hydrogen) atoms. The molecule has 4 rings (SSSR count). The standard InChI is InChI=1S/C22H13F2NO2/c23-15-9-10-16(19(24)11-15)13-5-7-14(8-6-13)21-12-18(22(26)27)17-3-1-2-4-20(17)25-21/h1-12H,(H,26,27). The fraction of sp³-hybridized carbons (Fsp3) is 0. The molecule has 0 radical (unpaired) electrons. The number of benzene rings is 3. The largest absolute Gasteiger partial charge is 0.478 e. The minimum absolute atomic E-state index is 0.171. The minimum atomic E-state index is -1.03. The second kappa shape index (κ2) is 6.61. The van der Waals surface area contributed by atoms with Gasteiger partial charge in [-0.2, -0.15) is 0 Å². The summed E-state index contributed by atoms with van der Waals surface area (Å²) in [7, 11) is 0. The Morgan fingerprint density at radius 3 is 2.26 bits per heavy atom. The van der Waals surface area contributed by atoms with Gasteiger partial charge in [-0.05, 0) is 29.8 Å². The van der Waals surface area contributed by atoms with Gasteiger partial charge in [0.05, 0.1) is 16.8 Å². The second-order valence-corrected chi connectivity index (χ2v) is 6.08. The van der Waals surface area contributed by atoms with Crippen molar-refractivity contribution < 1.29 is 18.7 Å². The van der Waals surface area contributed by atoms with Gasteiger partial charge in [0.25, 0.3) is 0 Å². The number of rotatable bonds is 3. The van der Waals surface area contributed by atoms with E-state index in [-0.39, 0.29) is 5.56 Å². The molecule has 1 N–H and O–H groups in total. The van der Waals surface area contributed by atoms with Crippen molar-refractivity contribution in [3.63, 3.8) is 0 Å². The zero-order chi connectivity index (χ0) is 19.0. The number of halogens is 2. The van der Waals surface area contributed by atoms with Crippen LogP contribution in [0.1, 0.15) is 10.4 Å². The predicted molar refractivity (Wildman–Crippen MR) is 99.5 cm³/mol. The van der Waals surface area contributed by atoms with Crippen LogP contribution in [0.4, 0.5) is 8.78 Å². The Balaban J connectivity index is 1.79. The highest BCUT2D eigenvalue weighted by Crippen LogP contribution is 2.28. The molecule has 1 aromatic heterocycles. The van der Waals surface area contributed by atoms with Crippen molar-refractivity contribution in [2.24, 2.45) is 0 Å². The number of fused-ring (bicyclic) bond motifs is 1. The van der Waals surface area contributed by atoms with E-state index in [4.69, 9.17) is 0 Å². The Morgan fingerprint density at radius 1 is 0.852 bits per heavy atom. The summed E-state index contributed by atoms with van der Waals surface area (Å²) in [5.41, 5.74) is 2.85. The highest BCUT2D eigenvalue weighted by Gasteiger charge is 2.13. The second-order valence-electron chi connectivity index (χ2n) is 6.08. The Morgan fingerprint density at radius 2 is 1.56 bits per heavy atom. The summed E-state index contributed by atoms with van der Waals surface area (Å²) < 4.78 is 27.0. The van der Waals surface area contributed by atoms with E-state index >= 15 is 0 Å². The van der Waals surface area contributed by atoms with Gasteiger partial charge in [0.2, 0.25) is 0 Å². The van der Waals surface area contributed by atoms with Gasteiger partial charge in [-0.25, -0.2) is 18.6 Å². The van der Waals surface area contributed by atoms with Crippen molar-refractivity contribution >= 4 is 16.9 Å². The third-order valence-corrected chi connectivity index (χ3v) is 4.37. The molecular weight excluding hydrogens is 348 g/mol. The first kappa shape index (κ1) is 16.8. The Kier molecular flexibility index (Phi) is 4.12. The monoisotopic (exact) mass is 361 g/mol. The number of aromatic nitrogens is 1. The first-order valence-electron chi connectivity index (χ1n) is 8.22. The molecule has 0 bridgehead atoms. The number of para-hydroxylation sites is 1. The van der Waals surface area contributed by atoms with Crippen LogP contribution in [-0.2, 0) is 0 Å². The summed E-state index contributed by atoms with van der Waals surface area (Å²) >= 11 is 0. The molecule has 0 fully saturated rings. The topological polar surface area (TPSA) is 50.2 Å². The SMILES string of the molecule is O=C(O)c1cc(-c2ccc(-c3ccc(F)cc3F)cc2)nc2ccccc12. The zero-order valence-corrected chi connectivity index (χ0v) is 14.0. The summed E-state index contributed by atoms with van der Waals surface area (Å²) in [5.74, 6) is -2.30. The zero-order valence-electron chi connectivity index (χ0n) is 14.0. The first-order valence-corrected chi connectivity index (χ1v) is 8.22. The van der Waals surface area contributed by atoms with Gasteiger partial charge in [0.15, 0.2) is 0 Å². The molecule has 3 nitrogen and oxygen atoms in total. The van der Waals surface area contributed by atoms with E-state index in [1.165, 1.54) is 18.2 Å². The van der Waals surface area contributed by atoms with Crippen molar-refractivity contribution in [1.29, 1.82) is 0 Å². The maximum Gasteiger partial charge on any atom is 0.336 e. The Bertz CT molecular complexity index is 1170. The average Bonchev–Trinajstić information content (AvgIpc) is 2.67. The van der Waals surface area contributed by atoms with Gasteiger partial charge in [0.1, 0.15) is 11.6 Å². The summed E-state index contributed by atoms with van der Waals surface area (Å²) in [5, 5.41) is 10.1. The molecule has 0 aliphatic heterocycles. The number of carboxylic acids is 1. The third-order valence-electron chi connectivity index (χ3n) is 4.37. The van der Waals surface area contributed by atoms with Crippen LogP contribution in [0.3, 0.4) is 0 Å². The van der Waals surface area contributed by atoms with Gasteiger partial charge in [-0.1, -0.05) is 42.5 Å². The summed E-state index contributed by atoms with van der Waals surface area (Å²) in [4.78, 5) is 16.1. The van der Waals surface area contributed by atoms with E-state index in [1.807, 2.05) is 0 Å². The normalized spacial score (nSPS) is 10.9. The molecule has 5 heteroatoms. The van der Waals surface area contributed by atoms with Gasteiger partial charge >= 0.3 is 5.97 Å². The lowest BCUT2D eigenvalue weighted by molar-refractivity contribution is 0.0699. The predicted octanol–water partition coefficient (Wildman–Crippen LogP) is 5.55. The molecule has 0 spiro atoms. The highest BCUT2D eigenvalue weighted by molar-refractivity contribution is 6.03. The van der Waals surface area contributed by atoms with Crippen molar-refractivity contribution in [1.82, 2.24) is 4.98 Å². The smallest absolute Gasteiger partial charge is 0.336 e. The fourth-order valence-corrected chi connectivity index (χ4v) is 3.04. The quantitative estimate of drug-likeness (QED) is 0.521. The molecule has 0 aliphatic carbocycles. The molecule has 0 aliphatic rings. The van der Waals surface area contributed by atoms with Crippen LogP contribution in [0.25, 0.3) is 33.3 Å². The van der Waals surface area contributed by atoms with Gasteiger partial charge in [0, 0.05) is 22.6 Å². The maximum absolute atomic E-state index is 14.0. The van der Waals surface area contributed by atoms with E-state index in [0.29, 0.717) is 33.3 Å². The van der Waals surface area contributed by atoms with Gasteiger partial charge in [-0.3, -0.25) is 0 Å². The molecule has 132 valence electrons. The van der Waals surface area contributed by atoms with Crippen LogP contribution in [0.2, 0.25) is 0 Å². The third kappa shape index (κ3) is 3.15. The van der Waals surface area contributed by atoms with Crippen molar-refractivity contribution in [3.05, 3.63) is 90.0 Å². The van der Waals surface area contributed by atoms with Crippen LogP contribution < -0.4 is 0 Å². The Hall–Kier alpha value is -3.60. The van der Waals surface area contributed by atoms with Gasteiger partial charge < -0.3 is 5.11 Å². The minimum Gasteiger partial charge on any atom is -0.478 e. The number of hydrogen-bond donors (Lipinski definition) is 1. The lowest BCUT2D eigenvalue weighted by Gasteiger charge is -2.08. The van der Waals surface area contributed by atoms with Crippen molar-refractivity contribution in [2.75, 3.05) is 0 Å². The number of aromatic carboxylic acids is 1. The molecule has 4 aromatic rings. The molecule has 0 saturated carbocycles. The van der Waals surface area contributed by atoms with Crippen LogP contribution in [-0.4, -0.2) is 16.1 Å². The summed E-state index contributed by atoms with van der Waals surface area (Å²) in [6.07, 6.45) is 0. The van der Waals surface area contributed by atoms with Crippen LogP contribution in [0, 0.1) is 11.6 Å². The molecule has 0 saturated heterocycles. The Labute approximate surface area is 153 Å². The number of carboxylic acid groups (broad SMARTS) is 1. The molecule has 0 amide bonds.